The zero-order chi connectivity index (χ0) is 15.8. The summed E-state index contributed by atoms with van der Waals surface area (Å²) in [5, 5.41) is 12.9. The number of benzene rings is 1. The van der Waals surface area contributed by atoms with Crippen LogP contribution in [0, 0.1) is 0 Å². The average Bonchev–Trinajstić information content (AvgIpc) is 2.54. The van der Waals surface area contributed by atoms with Gasteiger partial charge in [-0.25, -0.2) is 0 Å². The van der Waals surface area contributed by atoms with Crippen LogP contribution in [0.3, 0.4) is 0 Å². The normalized spacial score (nSPS) is 15.6. The Balaban J connectivity index is 2.34. The molecule has 6 nitrogen and oxygen atoms in total. The summed E-state index contributed by atoms with van der Waals surface area (Å²) >= 11 is 1.58. The van der Waals surface area contributed by atoms with Crippen molar-refractivity contribution < 1.29 is 14.5 Å². The largest absolute Gasteiger partial charge is 0.399 e. The van der Waals surface area contributed by atoms with Crippen molar-refractivity contribution in [3.63, 3.8) is 0 Å². The van der Waals surface area contributed by atoms with E-state index in [0.717, 1.165) is 16.9 Å². The molecule has 1 heterocycles. The fraction of sp³-hybridized carbons (Fsp3) is 0.400. The van der Waals surface area contributed by atoms with E-state index >= 15 is 0 Å². The molecule has 0 aromatic heterocycles. The minimum Gasteiger partial charge on any atom is -0.399 e. The Morgan fingerprint density at radius 1 is 1.41 bits per heavy atom. The van der Waals surface area contributed by atoms with Crippen molar-refractivity contribution in [1.82, 2.24) is 0 Å². The summed E-state index contributed by atoms with van der Waals surface area (Å²) in [4.78, 5) is 15.4. The quantitative estimate of drug-likeness (QED) is 0.597. The molecule has 0 N–H and O–H groups in total. The summed E-state index contributed by atoms with van der Waals surface area (Å²) in [5.74, 6) is 0.828. The highest BCUT2D eigenvalue weighted by Crippen LogP contribution is 2.18. The van der Waals surface area contributed by atoms with E-state index < -0.39 is 0 Å². The van der Waals surface area contributed by atoms with Crippen molar-refractivity contribution in [2.45, 2.75) is 20.0 Å². The molecule has 0 spiro atoms. The van der Waals surface area contributed by atoms with E-state index in [1.165, 1.54) is 7.11 Å². The van der Waals surface area contributed by atoms with Gasteiger partial charge in [0.25, 0.3) is 0 Å². The molecule has 1 aromatic rings. The van der Waals surface area contributed by atoms with Crippen LogP contribution in [-0.4, -0.2) is 42.5 Å². The highest BCUT2D eigenvalue weighted by molar-refractivity contribution is 8.15. The Bertz CT molecular complexity index is 585. The van der Waals surface area contributed by atoms with E-state index in [2.05, 4.69) is 15.5 Å². The minimum atomic E-state index is 0.0298. The topological polar surface area (TPSA) is 64.8 Å². The first-order valence-corrected chi connectivity index (χ1v) is 7.93. The average molecular weight is 321 g/mol. The molecule has 0 saturated heterocycles. The van der Waals surface area contributed by atoms with Gasteiger partial charge < -0.3 is 14.5 Å². The maximum atomic E-state index is 5.22. The third kappa shape index (κ3) is 4.49. The van der Waals surface area contributed by atoms with Crippen molar-refractivity contribution in [3.05, 3.63) is 35.4 Å². The van der Waals surface area contributed by atoms with Gasteiger partial charge in [0.05, 0.1) is 6.21 Å². The van der Waals surface area contributed by atoms with Gasteiger partial charge in [0.15, 0.2) is 5.04 Å². The first-order valence-electron chi connectivity index (χ1n) is 6.95. The van der Waals surface area contributed by atoms with E-state index in [-0.39, 0.29) is 6.10 Å². The Hall–Kier alpha value is -2.02. The second-order valence-electron chi connectivity index (χ2n) is 4.68. The highest BCUT2D eigenvalue weighted by Gasteiger charge is 2.19. The van der Waals surface area contributed by atoms with Gasteiger partial charge in [-0.3, -0.25) is 0 Å². The predicted molar refractivity (Wildman–Crippen MR) is 89.6 cm³/mol. The number of rotatable bonds is 6. The van der Waals surface area contributed by atoms with Gasteiger partial charge in [-0.1, -0.05) is 51.5 Å². The Morgan fingerprint density at radius 2 is 2.23 bits per heavy atom. The molecule has 0 radical (unpaired) electrons. The van der Waals surface area contributed by atoms with Crippen molar-refractivity contribution in [3.8, 4) is 0 Å². The monoisotopic (exact) mass is 321 g/mol. The molecule has 1 aromatic carbocycles. The molecule has 22 heavy (non-hydrogen) atoms. The van der Waals surface area contributed by atoms with E-state index in [1.54, 1.807) is 18.0 Å². The van der Waals surface area contributed by atoms with Crippen LogP contribution in [0.25, 0.3) is 0 Å². The Kier molecular flexibility index (Phi) is 6.27. The zero-order valence-electron chi connectivity index (χ0n) is 12.9. The molecule has 118 valence electrons. The Morgan fingerprint density at radius 3 is 2.91 bits per heavy atom. The van der Waals surface area contributed by atoms with Crippen molar-refractivity contribution in [2.24, 2.45) is 15.5 Å². The van der Waals surface area contributed by atoms with Gasteiger partial charge in [-0.2, -0.15) is 0 Å². The van der Waals surface area contributed by atoms with E-state index in [9.17, 15) is 0 Å². The summed E-state index contributed by atoms with van der Waals surface area (Å²) in [6.45, 7) is 4.44. The highest BCUT2D eigenvalue weighted by atomic mass is 32.2. The lowest BCUT2D eigenvalue weighted by Crippen LogP contribution is -2.19. The van der Waals surface area contributed by atoms with Gasteiger partial charge in [-0.15, -0.1) is 0 Å². The second kappa shape index (κ2) is 8.43. The van der Waals surface area contributed by atoms with E-state index in [4.69, 9.17) is 14.5 Å². The SMILES string of the molecule is CON=C(C1=NOCCS1)c1ccccc1C=NOC(C)C. The summed E-state index contributed by atoms with van der Waals surface area (Å²) in [7, 11) is 1.51. The maximum absolute atomic E-state index is 5.22. The molecule has 0 saturated carbocycles. The summed E-state index contributed by atoms with van der Waals surface area (Å²) < 4.78 is 0. The number of hydrogen-bond donors (Lipinski definition) is 0. The van der Waals surface area contributed by atoms with Crippen LogP contribution in [0.1, 0.15) is 25.0 Å². The Labute approximate surface area is 134 Å². The molecule has 0 amide bonds. The van der Waals surface area contributed by atoms with Crippen LogP contribution in [0.5, 0.6) is 0 Å². The number of oxime groups is 3. The van der Waals surface area contributed by atoms with Gasteiger partial charge in [-0.05, 0) is 13.8 Å². The van der Waals surface area contributed by atoms with Crippen molar-refractivity contribution >= 4 is 28.7 Å². The van der Waals surface area contributed by atoms with E-state index in [1.807, 2.05) is 38.1 Å². The smallest absolute Gasteiger partial charge is 0.165 e. The summed E-state index contributed by atoms with van der Waals surface area (Å²) in [5.41, 5.74) is 2.35. The molecule has 1 aliphatic heterocycles. The molecule has 0 bridgehead atoms. The van der Waals surface area contributed by atoms with Crippen LogP contribution in [0.4, 0.5) is 0 Å². The van der Waals surface area contributed by atoms with Gasteiger partial charge in [0, 0.05) is 16.9 Å². The minimum absolute atomic E-state index is 0.0298. The van der Waals surface area contributed by atoms with Crippen LogP contribution >= 0.6 is 11.8 Å². The lowest BCUT2D eigenvalue weighted by atomic mass is 10.0. The number of thioether (sulfide) groups is 1. The zero-order valence-corrected chi connectivity index (χ0v) is 13.7. The third-order valence-corrected chi connectivity index (χ3v) is 3.54. The lowest BCUT2D eigenvalue weighted by molar-refractivity contribution is 0.0873. The van der Waals surface area contributed by atoms with E-state index in [0.29, 0.717) is 17.4 Å². The van der Waals surface area contributed by atoms with Crippen LogP contribution in [-0.2, 0) is 14.5 Å². The molecule has 0 atom stereocenters. The van der Waals surface area contributed by atoms with Crippen LogP contribution in [0.2, 0.25) is 0 Å². The molecule has 0 aliphatic carbocycles. The maximum Gasteiger partial charge on any atom is 0.165 e. The lowest BCUT2D eigenvalue weighted by Gasteiger charge is -2.14. The molecule has 0 fully saturated rings. The third-order valence-electron chi connectivity index (χ3n) is 2.63. The predicted octanol–water partition coefficient (Wildman–Crippen LogP) is 2.87. The number of hydrogen-bond acceptors (Lipinski definition) is 7. The molecule has 7 heteroatoms. The van der Waals surface area contributed by atoms with Crippen molar-refractivity contribution in [2.75, 3.05) is 19.5 Å². The molecular formula is C15H19N3O3S. The molecule has 2 rings (SSSR count). The molecule has 1 aliphatic rings. The van der Waals surface area contributed by atoms with Crippen LogP contribution in [0.15, 0.2) is 39.7 Å². The standard InChI is InChI=1S/C15H19N3O3S/c1-11(2)21-16-10-12-6-4-5-7-13(12)14(17-19-3)15-18-20-8-9-22-15/h4-7,10-11H,8-9H2,1-3H3. The molecule has 0 unspecified atom stereocenters. The first kappa shape index (κ1) is 16.4. The second-order valence-corrected chi connectivity index (χ2v) is 5.76. The first-order chi connectivity index (χ1) is 10.7. The van der Waals surface area contributed by atoms with Crippen LogP contribution < -0.4 is 0 Å². The molecular weight excluding hydrogens is 302 g/mol. The fourth-order valence-electron chi connectivity index (χ4n) is 1.75. The van der Waals surface area contributed by atoms with Crippen molar-refractivity contribution in [1.29, 1.82) is 0 Å². The van der Waals surface area contributed by atoms with Gasteiger partial charge in [0.2, 0.25) is 0 Å². The number of nitrogens with zero attached hydrogens (tertiary/aromatic N) is 3. The summed E-state index contributed by atoms with van der Waals surface area (Å²) in [6.07, 6.45) is 1.69. The fourth-order valence-corrected chi connectivity index (χ4v) is 2.49. The van der Waals surface area contributed by atoms with Gasteiger partial charge >= 0.3 is 0 Å². The van der Waals surface area contributed by atoms with Gasteiger partial charge in [0.1, 0.15) is 25.5 Å². The summed E-state index contributed by atoms with van der Waals surface area (Å²) in [6, 6.07) is 7.72.